The lowest BCUT2D eigenvalue weighted by molar-refractivity contribution is 0.0946. The van der Waals surface area contributed by atoms with Gasteiger partial charge < -0.3 is 4.74 Å². The van der Waals surface area contributed by atoms with Gasteiger partial charge >= 0.3 is 6.09 Å². The fraction of sp³-hybridized carbons (Fsp3) is 0.550. The molecule has 1 saturated heterocycles. The van der Waals surface area contributed by atoms with Crippen molar-refractivity contribution < 1.29 is 13.7 Å². The van der Waals surface area contributed by atoms with E-state index >= 15 is 0 Å². The highest BCUT2D eigenvalue weighted by Gasteiger charge is 2.39. The summed E-state index contributed by atoms with van der Waals surface area (Å²) in [7, 11) is -1.07. The van der Waals surface area contributed by atoms with E-state index in [-0.39, 0.29) is 16.9 Å². The summed E-state index contributed by atoms with van der Waals surface area (Å²) in [5.74, 6) is 0.307. The smallest absolute Gasteiger partial charge is 0.414 e. The van der Waals surface area contributed by atoms with Gasteiger partial charge in [0.25, 0.3) is 0 Å². The minimum absolute atomic E-state index is 0.188. The van der Waals surface area contributed by atoms with Crippen LogP contribution in [-0.4, -0.2) is 32.5 Å². The number of fused-ring (bicyclic) bond motifs is 2. The molecule has 0 aromatic heterocycles. The maximum Gasteiger partial charge on any atom is 0.414 e. The molecule has 1 N–H and O–H groups in total. The third-order valence-corrected chi connectivity index (χ3v) is 6.39. The Hall–Kier alpha value is -1.66. The van der Waals surface area contributed by atoms with Gasteiger partial charge in [-0.25, -0.2) is 13.7 Å². The third kappa shape index (κ3) is 4.54. The molecule has 0 saturated carbocycles. The van der Waals surface area contributed by atoms with Crippen molar-refractivity contribution in [2.75, 3.05) is 6.54 Å². The van der Waals surface area contributed by atoms with Gasteiger partial charge in [-0.3, -0.25) is 4.90 Å². The van der Waals surface area contributed by atoms with E-state index in [1.165, 1.54) is 0 Å². The Bertz CT molecular complexity index is 697. The van der Waals surface area contributed by atoms with Crippen molar-refractivity contribution in [3.8, 4) is 0 Å². The van der Waals surface area contributed by atoms with Crippen molar-refractivity contribution >= 4 is 17.1 Å². The molecule has 2 aliphatic rings. The maximum absolute atomic E-state index is 12.5. The van der Waals surface area contributed by atoms with Gasteiger partial charge in [-0.15, -0.1) is 0 Å². The summed E-state index contributed by atoms with van der Waals surface area (Å²) in [6, 6.07) is 9.92. The third-order valence-electron chi connectivity index (χ3n) is 4.85. The minimum Gasteiger partial charge on any atom is -0.444 e. The Balaban J connectivity index is 1.56. The molecular weight excluding hydrogens is 348 g/mol. The van der Waals surface area contributed by atoms with E-state index in [0.29, 0.717) is 19.1 Å². The molecule has 0 spiro atoms. The Morgan fingerprint density at radius 1 is 1.31 bits per heavy atom. The Labute approximate surface area is 158 Å². The fourth-order valence-corrected chi connectivity index (χ4v) is 4.27. The van der Waals surface area contributed by atoms with Crippen LogP contribution in [0.25, 0.3) is 0 Å². The molecule has 1 fully saturated rings. The second-order valence-corrected chi connectivity index (χ2v) is 10.0. The Kier molecular flexibility index (Phi) is 5.82. The van der Waals surface area contributed by atoms with Gasteiger partial charge in [0.15, 0.2) is 0 Å². The predicted molar refractivity (Wildman–Crippen MR) is 104 cm³/mol. The molecule has 0 radical (unpaired) electrons. The van der Waals surface area contributed by atoms with Crippen LogP contribution >= 0.6 is 0 Å². The van der Waals surface area contributed by atoms with Crippen molar-refractivity contribution in [2.45, 2.75) is 57.4 Å². The first-order valence-corrected chi connectivity index (χ1v) is 10.4. The van der Waals surface area contributed by atoms with Gasteiger partial charge in [0.1, 0.15) is 6.61 Å². The van der Waals surface area contributed by atoms with Crippen molar-refractivity contribution in [1.29, 1.82) is 0 Å². The van der Waals surface area contributed by atoms with Crippen LogP contribution < -0.4 is 4.72 Å². The molecule has 3 atom stereocenters. The lowest BCUT2D eigenvalue weighted by Gasteiger charge is -2.32. The Morgan fingerprint density at radius 3 is 2.69 bits per heavy atom. The summed E-state index contributed by atoms with van der Waals surface area (Å²) in [6.07, 6.45) is 4.67. The molecule has 2 heterocycles. The molecule has 0 aliphatic carbocycles. The number of hydrogen-bond acceptors (Lipinski definition) is 3. The van der Waals surface area contributed by atoms with Crippen LogP contribution in [0.4, 0.5) is 4.79 Å². The summed E-state index contributed by atoms with van der Waals surface area (Å²) < 4.78 is 20.6. The highest BCUT2D eigenvalue weighted by atomic mass is 32.2. The quantitative estimate of drug-likeness (QED) is 0.852. The first-order valence-electron chi connectivity index (χ1n) is 9.20. The van der Waals surface area contributed by atoms with Crippen molar-refractivity contribution in [1.82, 2.24) is 9.62 Å². The zero-order chi connectivity index (χ0) is 18.7. The number of hydrogen-bond donors (Lipinski definition) is 1. The van der Waals surface area contributed by atoms with Gasteiger partial charge in [-0.2, -0.15) is 0 Å². The Morgan fingerprint density at radius 2 is 2.04 bits per heavy atom. The van der Waals surface area contributed by atoms with E-state index in [9.17, 15) is 9.00 Å². The minimum atomic E-state index is -1.07. The molecule has 3 rings (SSSR count). The van der Waals surface area contributed by atoms with E-state index in [1.54, 1.807) is 0 Å². The molecular formula is C20H28N2O3S. The summed E-state index contributed by atoms with van der Waals surface area (Å²) in [5.41, 5.74) is 2.04. The summed E-state index contributed by atoms with van der Waals surface area (Å²) in [5, 5.41) is 0. The van der Waals surface area contributed by atoms with Crippen molar-refractivity contribution in [2.24, 2.45) is 5.92 Å². The number of carbonyl (C=O) groups excluding carboxylic acids is 1. The van der Waals surface area contributed by atoms with Crippen LogP contribution in [0, 0.1) is 5.92 Å². The normalized spacial score (nSPS) is 23.5. The SMILES string of the molecule is CC(C)(C)S(=O)NC[C@@H]1C=C2CC[C@@H](C1)N2C(=O)OCc1ccccc1. The summed E-state index contributed by atoms with van der Waals surface area (Å²) in [4.78, 5) is 14.4. The summed E-state index contributed by atoms with van der Waals surface area (Å²) >= 11 is 0. The van der Waals surface area contributed by atoms with E-state index in [4.69, 9.17) is 4.74 Å². The van der Waals surface area contributed by atoms with E-state index in [0.717, 1.165) is 30.5 Å². The van der Waals surface area contributed by atoms with Crippen LogP contribution in [-0.2, 0) is 22.3 Å². The molecule has 6 heteroatoms. The molecule has 2 bridgehead atoms. The van der Waals surface area contributed by atoms with Gasteiger partial charge in [0, 0.05) is 18.3 Å². The van der Waals surface area contributed by atoms with Crippen LogP contribution in [0.5, 0.6) is 0 Å². The number of rotatable bonds is 5. The fourth-order valence-electron chi connectivity index (χ4n) is 3.47. The van der Waals surface area contributed by atoms with Crippen LogP contribution in [0.3, 0.4) is 0 Å². The highest BCUT2D eigenvalue weighted by Crippen LogP contribution is 2.37. The predicted octanol–water partition coefficient (Wildman–Crippen LogP) is 3.74. The van der Waals surface area contributed by atoms with Crippen LogP contribution in [0.15, 0.2) is 42.1 Å². The second kappa shape index (κ2) is 7.92. The van der Waals surface area contributed by atoms with Crippen LogP contribution in [0.1, 0.15) is 45.6 Å². The molecule has 26 heavy (non-hydrogen) atoms. The molecule has 1 aromatic rings. The number of carbonyl (C=O) groups is 1. The topological polar surface area (TPSA) is 58.6 Å². The maximum atomic E-state index is 12.5. The number of benzene rings is 1. The molecule has 1 unspecified atom stereocenters. The monoisotopic (exact) mass is 376 g/mol. The average molecular weight is 377 g/mol. The highest BCUT2D eigenvalue weighted by molar-refractivity contribution is 7.84. The van der Waals surface area contributed by atoms with Gasteiger partial charge in [-0.1, -0.05) is 36.4 Å². The van der Waals surface area contributed by atoms with Gasteiger partial charge in [-0.05, 0) is 51.5 Å². The number of amides is 1. The second-order valence-electron chi connectivity index (χ2n) is 7.99. The van der Waals surface area contributed by atoms with E-state index in [2.05, 4.69) is 10.8 Å². The lowest BCUT2D eigenvalue weighted by atomic mass is 9.97. The largest absolute Gasteiger partial charge is 0.444 e. The zero-order valence-electron chi connectivity index (χ0n) is 15.7. The van der Waals surface area contributed by atoms with E-state index < -0.39 is 11.0 Å². The first-order chi connectivity index (χ1) is 12.3. The first kappa shape index (κ1) is 19.1. The molecule has 2 aliphatic heterocycles. The molecule has 1 aromatic carbocycles. The van der Waals surface area contributed by atoms with Crippen molar-refractivity contribution in [3.63, 3.8) is 0 Å². The molecule has 1 amide bonds. The number of nitrogens with one attached hydrogen (secondary N) is 1. The van der Waals surface area contributed by atoms with E-state index in [1.807, 2.05) is 56.0 Å². The average Bonchev–Trinajstić information content (AvgIpc) is 2.88. The number of allylic oxidation sites excluding steroid dienone is 1. The summed E-state index contributed by atoms with van der Waals surface area (Å²) in [6.45, 7) is 6.86. The standard InChI is InChI=1S/C20H28N2O3S/c1-20(2,3)26(24)21-13-16-11-17-9-10-18(12-16)22(17)19(23)25-14-15-7-5-4-6-8-15/h4-8,11,16,18,21H,9-10,12-14H2,1-3H3/t16-,18+,26?/m1/s1. The molecule has 5 nitrogen and oxygen atoms in total. The lowest BCUT2D eigenvalue weighted by Crippen LogP contribution is -2.42. The van der Waals surface area contributed by atoms with Crippen LogP contribution in [0.2, 0.25) is 0 Å². The number of nitrogens with zero attached hydrogens (tertiary/aromatic N) is 1. The van der Waals surface area contributed by atoms with Gasteiger partial charge in [0.2, 0.25) is 0 Å². The number of ether oxygens (including phenoxy) is 1. The van der Waals surface area contributed by atoms with Gasteiger partial charge in [0.05, 0.1) is 15.7 Å². The molecule has 142 valence electrons. The van der Waals surface area contributed by atoms with Crippen molar-refractivity contribution in [3.05, 3.63) is 47.7 Å². The zero-order valence-corrected chi connectivity index (χ0v) is 16.6.